The highest BCUT2D eigenvalue weighted by Crippen LogP contribution is 2.66. The number of rotatable bonds is 38. The van der Waals surface area contributed by atoms with Crippen LogP contribution in [0.25, 0.3) is 10.8 Å². The molecule has 6 fully saturated rings. The van der Waals surface area contributed by atoms with Gasteiger partial charge in [0.1, 0.15) is 17.3 Å². The number of esters is 6. The molecule has 0 aromatic heterocycles. The number of halogens is 10. The van der Waals surface area contributed by atoms with E-state index in [1.54, 1.807) is 36.4 Å². The molecule has 146 heavy (non-hydrogen) atoms. The number of Topliss-reactive ketones (excluding diaryl/α,β-unsaturated/α-hetero) is 2. The molecule has 6 aliphatic carbocycles. The van der Waals surface area contributed by atoms with Crippen LogP contribution in [0.15, 0.2) is 109 Å². The topological polar surface area (TPSA) is 421 Å². The van der Waals surface area contributed by atoms with Gasteiger partial charge in [-0.05, 0) is 170 Å². The van der Waals surface area contributed by atoms with Gasteiger partial charge in [0.15, 0.2) is 38.2 Å². The van der Waals surface area contributed by atoms with Crippen molar-refractivity contribution in [2.45, 2.75) is 227 Å². The number of benzene rings is 7. The van der Waals surface area contributed by atoms with Gasteiger partial charge in [0.25, 0.3) is 0 Å². The average molecular weight is 2080 g/mol. The van der Waals surface area contributed by atoms with Crippen molar-refractivity contribution in [3.05, 3.63) is 209 Å². The molecule has 4 bridgehead atoms. The monoisotopic (exact) mass is 2080 g/mol. The minimum Gasteiger partial charge on any atom is -0.748 e. The molecule has 0 saturated heterocycles. The molecule has 52 heteroatoms. The Balaban J connectivity index is 0.000000217. The molecular formula is C94H90B12F10O26S4-4. The maximum absolute atomic E-state index is 13.9. The van der Waals surface area contributed by atoms with E-state index in [2.05, 4.69) is 9.47 Å². The Morgan fingerprint density at radius 3 is 1.10 bits per heavy atom. The quantitative estimate of drug-likeness (QED) is 0.00661. The fourth-order valence-electron chi connectivity index (χ4n) is 20.0. The third kappa shape index (κ3) is 29.3. The summed E-state index contributed by atoms with van der Waals surface area (Å²) in [5.74, 6) is -12.2. The maximum Gasteiger partial charge on any atom is 0.426 e. The molecule has 0 aliphatic heterocycles. The second kappa shape index (κ2) is 49.6. The first-order chi connectivity index (χ1) is 68.1. The van der Waals surface area contributed by atoms with E-state index in [-0.39, 0.29) is 182 Å². The van der Waals surface area contributed by atoms with Gasteiger partial charge in [0.2, 0.25) is 12.2 Å². The molecule has 10 atom stereocenters. The summed E-state index contributed by atoms with van der Waals surface area (Å²) in [5, 5.41) is -9.24. The minimum absolute atomic E-state index is 0.0219. The van der Waals surface area contributed by atoms with E-state index in [0.717, 1.165) is 51.9 Å². The van der Waals surface area contributed by atoms with Gasteiger partial charge in [0, 0.05) is 23.8 Å². The van der Waals surface area contributed by atoms with E-state index in [4.69, 9.17) is 113 Å². The Morgan fingerprint density at radius 2 is 0.733 bits per heavy atom. The van der Waals surface area contributed by atoms with Crippen LogP contribution in [0.4, 0.5) is 43.9 Å². The van der Waals surface area contributed by atoms with Crippen LogP contribution in [-0.2, 0) is 167 Å². The smallest absolute Gasteiger partial charge is 0.426 e. The van der Waals surface area contributed by atoms with Gasteiger partial charge < -0.3 is 46.6 Å². The van der Waals surface area contributed by atoms with E-state index in [9.17, 15) is 134 Å². The van der Waals surface area contributed by atoms with E-state index >= 15 is 0 Å². The van der Waals surface area contributed by atoms with Crippen LogP contribution in [0, 0.1) is 46.3 Å². The van der Waals surface area contributed by atoms with Crippen molar-refractivity contribution in [3.8, 4) is 11.5 Å². The third-order valence-electron chi connectivity index (χ3n) is 26.7. The maximum atomic E-state index is 13.9. The van der Waals surface area contributed by atoms with Crippen LogP contribution in [0.3, 0.4) is 0 Å². The van der Waals surface area contributed by atoms with Gasteiger partial charge in [-0.15, -0.1) is 0 Å². The molecule has 13 rings (SSSR count). The first-order valence-electron chi connectivity index (χ1n) is 45.7. The van der Waals surface area contributed by atoms with Crippen LogP contribution < -0.4 is 9.47 Å². The highest BCUT2D eigenvalue weighted by Gasteiger charge is 2.65. The number of fused-ring (bicyclic) bond motifs is 2. The molecule has 756 valence electrons. The molecule has 0 amide bonds. The Morgan fingerprint density at radius 1 is 0.390 bits per heavy atom. The number of alkyl halides is 10. The average Bonchev–Trinajstić information content (AvgIpc) is 0.705. The number of carbonyl (C=O) groups excluding carboxylic acids is 8. The van der Waals surface area contributed by atoms with E-state index < -0.39 is 158 Å². The van der Waals surface area contributed by atoms with Gasteiger partial charge >= 0.3 is 58.7 Å². The lowest BCUT2D eigenvalue weighted by Gasteiger charge is -2.60. The number of ether oxygens (including phenoxy) is 6. The van der Waals surface area contributed by atoms with Crippen LogP contribution in [-0.4, -0.2) is 252 Å². The largest absolute Gasteiger partial charge is 0.748 e. The summed E-state index contributed by atoms with van der Waals surface area (Å²) in [6, 6.07) is 27.1. The number of ketones is 2. The van der Waals surface area contributed by atoms with Crippen molar-refractivity contribution in [1.29, 1.82) is 0 Å². The van der Waals surface area contributed by atoms with Crippen molar-refractivity contribution in [1.82, 2.24) is 0 Å². The normalized spacial score (nSPS) is 20.2. The van der Waals surface area contributed by atoms with Crippen molar-refractivity contribution in [2.75, 3.05) is 11.5 Å². The molecule has 10 unspecified atom stereocenters. The van der Waals surface area contributed by atoms with Gasteiger partial charge in [-0.2, -0.15) is 43.9 Å². The molecule has 6 saturated carbocycles. The van der Waals surface area contributed by atoms with Gasteiger partial charge in [-0.3, -0.25) is 24.0 Å². The number of hydrogen-bond acceptors (Lipinski definition) is 26. The highest BCUT2D eigenvalue weighted by atomic mass is 32.2. The molecule has 7 aromatic rings. The Hall–Kier alpha value is -9.32. The predicted octanol–water partition coefficient (Wildman–Crippen LogP) is 9.41. The van der Waals surface area contributed by atoms with Crippen molar-refractivity contribution in [2.24, 2.45) is 46.3 Å². The van der Waals surface area contributed by atoms with Crippen molar-refractivity contribution >= 4 is 193 Å². The predicted molar refractivity (Wildman–Crippen MR) is 518 cm³/mol. The summed E-state index contributed by atoms with van der Waals surface area (Å²) in [5.41, 5.74) is 6.93. The Kier molecular flexibility index (Phi) is 40.9. The van der Waals surface area contributed by atoms with Gasteiger partial charge in [0.05, 0.1) is 160 Å². The molecule has 24 radical (unpaired) electrons. The zero-order valence-corrected chi connectivity index (χ0v) is 82.2. The van der Waals surface area contributed by atoms with Crippen LogP contribution >= 0.6 is 0 Å². The fraction of sp³-hybridized carbons (Fsp3) is 0.489. The zero-order chi connectivity index (χ0) is 109. The zero-order valence-electron chi connectivity index (χ0n) is 78.9. The first kappa shape index (κ1) is 120. The summed E-state index contributed by atoms with van der Waals surface area (Å²) in [6.07, 6.45) is -14.2. The lowest BCUT2D eigenvalue weighted by Crippen LogP contribution is -2.59. The lowest BCUT2D eigenvalue weighted by atomic mass is 9.43. The van der Waals surface area contributed by atoms with Gasteiger partial charge in [-0.25, -0.2) is 48.1 Å². The highest BCUT2D eigenvalue weighted by molar-refractivity contribution is 7.87. The minimum atomic E-state index is -6.08. The molecule has 6 aliphatic rings. The van der Waals surface area contributed by atoms with Gasteiger partial charge in [-0.1, -0.05) is 218 Å². The second-order valence-corrected chi connectivity index (χ2v) is 42.2. The molecular weight excluding hydrogens is 1990 g/mol. The number of hydrogen-bond donors (Lipinski definition) is 0. The Labute approximate surface area is 855 Å². The fourth-order valence-corrected chi connectivity index (χ4v) is 22.1. The van der Waals surface area contributed by atoms with Crippen LogP contribution in [0.1, 0.15) is 210 Å². The summed E-state index contributed by atoms with van der Waals surface area (Å²) >= 11 is 0. The Bertz CT molecular complexity index is 6360. The molecule has 0 spiro atoms. The molecule has 0 heterocycles. The van der Waals surface area contributed by atoms with Crippen LogP contribution in [0.2, 0.25) is 0 Å². The summed E-state index contributed by atoms with van der Waals surface area (Å²) in [6.45, 7) is 1.26. The molecule has 26 nitrogen and oxygen atoms in total. The van der Waals surface area contributed by atoms with Crippen molar-refractivity contribution in [3.63, 3.8) is 0 Å². The lowest BCUT2D eigenvalue weighted by molar-refractivity contribution is -0.229. The summed E-state index contributed by atoms with van der Waals surface area (Å²) in [7, 11) is 47.0. The summed E-state index contributed by atoms with van der Waals surface area (Å²) < 4.78 is 295. The molecule has 7 aromatic carbocycles. The number of carbonyl (C=O) groups is 8. The molecule has 0 N–H and O–H groups in total. The third-order valence-corrected chi connectivity index (χ3v) is 30.1. The summed E-state index contributed by atoms with van der Waals surface area (Å²) in [4.78, 5) is 104. The standard InChI is InChI=1S/C25H28B3F3O6S.C24H29B3F2O7S.C24H19B3F2O7S.C21H18B3F3O6S/c26-9-14-2-17(10-27)19(18(3-14)11-28)4-20(32)23-5-15-1-16(6-23)8-24(7-15,13-23)22(33)37-21(25(29,30)31)12-38(34,35)36;2*1-13(24(28,29)37(32,33)34)35-22(30)19-6-2-5-18-17(19)4-3-7-20(18)23(31)36-21-15(11-26)8-14(10-25)9-16(21)12-27;22-8-12-5-15(9-23)17(16(6-12)10-24)7-18(28)13-1-3-14(4-2-13)20(29)33-19(21(25,26)27)11-34(30,31)32/h2-3,15-16,21H,1,4-13H2,(H,34,35,36);8-9,13,17-20H,2-7,10-12H2,1H3,(H,32,33,34);2-9,13H,10-12H2,1H3,(H,32,33,34);1-6,19H,7-11H2,(H,30,31,32)/p-4. The van der Waals surface area contributed by atoms with Crippen molar-refractivity contribution < 1.29 is 163 Å². The first-order valence-corrected chi connectivity index (χ1v) is 51.7. The van der Waals surface area contributed by atoms with Crippen LogP contribution in [0.5, 0.6) is 11.5 Å². The second-order valence-electron chi connectivity index (χ2n) is 36.4. The SMILES string of the molecule is [B]Cc1cc(C[B])c(CC(=O)C23CC4CC(C2)CC(C(=O)OC(CS(=O)(=O)[O-])C(F)(F)F)(C4)C3)c(C[B])c1.[B]Cc1cc(C[B])c(CC(=O)c2ccc(C(=O)OC(CS(=O)(=O)[O-])C(F)(F)F)cc2)c(C[B])c1.[B]Cc1cc(C[B])c(OC(=O)C2CCCC3C(C(=O)OC(C)C(F)(F)S(=O)(=O)[O-])CCCC23)c(C[B])c1.[B]Cc1cc(C[B])c(OC(=O)c2cccc3c(C(=O)OC(C)C(F)(F)S(=O)(=O)[O-])cccc23)c(C[B])c1. The van der Waals surface area contributed by atoms with E-state index in [0.29, 0.717) is 115 Å². The van der Waals surface area contributed by atoms with E-state index in [1.165, 1.54) is 48.5 Å². The van der Waals surface area contributed by atoms with E-state index in [1.807, 2.05) is 12.1 Å².